The van der Waals surface area contributed by atoms with E-state index in [1.54, 1.807) is 30.4 Å². The number of anilines is 1. The van der Waals surface area contributed by atoms with E-state index in [2.05, 4.69) is 27.1 Å². The van der Waals surface area contributed by atoms with Gasteiger partial charge >= 0.3 is 0 Å². The molecule has 1 aliphatic rings. The SMILES string of the molecule is CC(Oc1ccc(N)c(C(=N)/C=C/c2ccc(N=S3CCN(C)CC3)nn2)c1)c1c(Cl)cncc1Cl. The Morgan fingerprint density at radius 2 is 1.89 bits per heavy atom. The molecule has 1 atom stereocenters. The van der Waals surface area contributed by atoms with Gasteiger partial charge in [-0.05, 0) is 56.5 Å². The van der Waals surface area contributed by atoms with Gasteiger partial charge in [0.1, 0.15) is 11.9 Å². The maximum Gasteiger partial charge on any atom is 0.181 e. The van der Waals surface area contributed by atoms with Gasteiger partial charge in [-0.3, -0.25) is 4.98 Å². The normalized spacial score (nSPS) is 15.7. The molecular formula is C25H27Cl2N7OS. The fourth-order valence-electron chi connectivity index (χ4n) is 3.61. The molecule has 3 N–H and O–H groups in total. The number of aromatic nitrogens is 3. The maximum absolute atomic E-state index is 8.52. The molecule has 0 saturated carbocycles. The lowest BCUT2D eigenvalue weighted by Crippen LogP contribution is -2.34. The van der Waals surface area contributed by atoms with Crippen LogP contribution in [0.4, 0.5) is 11.5 Å². The van der Waals surface area contributed by atoms with Crippen LogP contribution in [0.5, 0.6) is 5.75 Å². The molecule has 11 heteroatoms. The lowest BCUT2D eigenvalue weighted by Gasteiger charge is -2.23. The third kappa shape index (κ3) is 6.67. The molecule has 188 valence electrons. The van der Waals surface area contributed by atoms with Crippen molar-refractivity contribution in [1.82, 2.24) is 20.1 Å². The summed E-state index contributed by atoms with van der Waals surface area (Å²) in [5.74, 6) is 3.30. The van der Waals surface area contributed by atoms with E-state index in [1.165, 1.54) is 12.4 Å². The van der Waals surface area contributed by atoms with Crippen molar-refractivity contribution in [3.05, 3.63) is 75.7 Å². The van der Waals surface area contributed by atoms with Crippen LogP contribution >= 0.6 is 23.2 Å². The largest absolute Gasteiger partial charge is 0.486 e. The van der Waals surface area contributed by atoms with Crippen LogP contribution in [0, 0.1) is 5.41 Å². The lowest BCUT2D eigenvalue weighted by molar-refractivity contribution is 0.227. The van der Waals surface area contributed by atoms with Crippen molar-refractivity contribution >= 4 is 57.2 Å². The Labute approximate surface area is 223 Å². The molecule has 2 aromatic heterocycles. The second-order valence-corrected chi connectivity index (χ2v) is 11.1. The zero-order chi connectivity index (χ0) is 25.7. The number of hydrogen-bond donors (Lipinski definition) is 2. The molecule has 3 aromatic rings. The summed E-state index contributed by atoms with van der Waals surface area (Å²) in [5.41, 5.74) is 8.63. The van der Waals surface area contributed by atoms with E-state index in [0.717, 1.165) is 24.6 Å². The molecule has 0 radical (unpaired) electrons. The van der Waals surface area contributed by atoms with Crippen LogP contribution in [0.25, 0.3) is 6.08 Å². The number of benzene rings is 1. The van der Waals surface area contributed by atoms with Crippen molar-refractivity contribution in [3.63, 3.8) is 0 Å². The Bertz CT molecular complexity index is 1280. The smallest absolute Gasteiger partial charge is 0.181 e. The van der Waals surface area contributed by atoms with Crippen LogP contribution < -0.4 is 10.5 Å². The van der Waals surface area contributed by atoms with Gasteiger partial charge in [0.15, 0.2) is 5.82 Å². The van der Waals surface area contributed by atoms with Crippen LogP contribution in [0.1, 0.15) is 29.8 Å². The number of rotatable bonds is 7. The highest BCUT2D eigenvalue weighted by molar-refractivity contribution is 7.87. The van der Waals surface area contributed by atoms with Crippen LogP contribution in [0.2, 0.25) is 10.0 Å². The average Bonchev–Trinajstić information content (AvgIpc) is 2.86. The van der Waals surface area contributed by atoms with Gasteiger partial charge in [0.05, 0.1) is 21.5 Å². The highest BCUT2D eigenvalue weighted by atomic mass is 35.5. The second kappa shape index (κ2) is 11.9. The third-order valence-electron chi connectivity index (χ3n) is 5.66. The van der Waals surface area contributed by atoms with Crippen molar-refractivity contribution in [1.29, 1.82) is 5.41 Å². The van der Waals surface area contributed by atoms with Crippen LogP contribution in [-0.2, 0) is 10.7 Å². The highest BCUT2D eigenvalue weighted by Gasteiger charge is 2.17. The minimum Gasteiger partial charge on any atom is -0.486 e. The molecule has 4 rings (SSSR count). The quantitative estimate of drug-likeness (QED) is 0.306. The molecular weight excluding hydrogens is 517 g/mol. The molecule has 0 aliphatic carbocycles. The zero-order valence-electron chi connectivity index (χ0n) is 20.0. The fourth-order valence-corrected chi connectivity index (χ4v) is 6.07. The predicted molar refractivity (Wildman–Crippen MR) is 149 cm³/mol. The first kappa shape index (κ1) is 26.2. The van der Waals surface area contributed by atoms with Gasteiger partial charge in [0.25, 0.3) is 0 Å². The van der Waals surface area contributed by atoms with E-state index >= 15 is 0 Å². The van der Waals surface area contributed by atoms with Gasteiger partial charge in [-0.15, -0.1) is 10.2 Å². The van der Waals surface area contributed by atoms with E-state index in [0.29, 0.717) is 44.1 Å². The average molecular weight is 545 g/mol. The number of nitrogens with two attached hydrogens (primary N) is 1. The lowest BCUT2D eigenvalue weighted by atomic mass is 10.1. The van der Waals surface area contributed by atoms with Gasteiger partial charge in [0, 0.05) is 53.8 Å². The summed E-state index contributed by atoms with van der Waals surface area (Å²) in [4.78, 5) is 6.29. The molecule has 3 heterocycles. The van der Waals surface area contributed by atoms with E-state index in [9.17, 15) is 0 Å². The fraction of sp³-hybridized carbons (Fsp3) is 0.280. The van der Waals surface area contributed by atoms with E-state index in [4.69, 9.17) is 43.4 Å². The molecule has 0 bridgehead atoms. The topological polar surface area (TPSA) is 113 Å². The number of allylic oxidation sites excluding steroid dienone is 1. The molecule has 1 fully saturated rings. The van der Waals surface area contributed by atoms with Crippen LogP contribution in [0.15, 0.2) is 53.2 Å². The first-order valence-electron chi connectivity index (χ1n) is 11.3. The van der Waals surface area contributed by atoms with Gasteiger partial charge in [-0.25, -0.2) is 4.36 Å². The summed E-state index contributed by atoms with van der Waals surface area (Å²) in [6.45, 7) is 3.96. The maximum atomic E-state index is 8.52. The van der Waals surface area contributed by atoms with Crippen molar-refractivity contribution in [2.24, 2.45) is 4.36 Å². The second-order valence-electron chi connectivity index (χ2n) is 8.35. The molecule has 1 aliphatic heterocycles. The van der Waals surface area contributed by atoms with Gasteiger partial charge in [0.2, 0.25) is 0 Å². The predicted octanol–water partition coefficient (Wildman–Crippen LogP) is 5.36. The number of ether oxygens (including phenoxy) is 1. The minimum absolute atomic E-state index is 0.00174. The first-order valence-corrected chi connectivity index (χ1v) is 13.6. The molecule has 1 aromatic carbocycles. The van der Waals surface area contributed by atoms with Crippen molar-refractivity contribution in [2.75, 3.05) is 37.4 Å². The summed E-state index contributed by atoms with van der Waals surface area (Å²) in [6.07, 6.45) is 5.98. The Morgan fingerprint density at radius 3 is 2.56 bits per heavy atom. The van der Waals surface area contributed by atoms with Gasteiger partial charge in [-0.2, -0.15) is 0 Å². The zero-order valence-corrected chi connectivity index (χ0v) is 22.3. The molecule has 1 saturated heterocycles. The molecule has 1 unspecified atom stereocenters. The summed E-state index contributed by atoms with van der Waals surface area (Å²) < 4.78 is 10.8. The molecule has 36 heavy (non-hydrogen) atoms. The number of nitrogens with zero attached hydrogens (tertiary/aromatic N) is 5. The van der Waals surface area contributed by atoms with Crippen molar-refractivity contribution in [3.8, 4) is 5.75 Å². The van der Waals surface area contributed by atoms with Gasteiger partial charge in [-0.1, -0.05) is 33.9 Å². The first-order chi connectivity index (χ1) is 17.3. The summed E-state index contributed by atoms with van der Waals surface area (Å²) >= 11 is 12.5. The van der Waals surface area contributed by atoms with E-state index in [1.807, 2.05) is 19.1 Å². The monoisotopic (exact) mass is 543 g/mol. The Hall–Kier alpha value is -2.85. The standard InChI is InChI=1S/C25H27Cl2N7OS/c1-16(25-20(26)14-30-15-21(25)27)35-18-5-7-23(29)19(13-18)22(28)6-3-17-4-8-24(32-31-17)33-36-11-9-34(2)10-12-36/h3-8,13-16,28H,9-12,29H2,1-2H3/b6-3+,28-22?. The van der Waals surface area contributed by atoms with Crippen molar-refractivity contribution in [2.45, 2.75) is 13.0 Å². The van der Waals surface area contributed by atoms with Crippen LogP contribution in [-0.4, -0.2) is 57.4 Å². The molecule has 0 amide bonds. The number of pyridine rings is 1. The van der Waals surface area contributed by atoms with Crippen molar-refractivity contribution < 1.29 is 4.74 Å². The molecule has 8 nitrogen and oxygen atoms in total. The Kier molecular flexibility index (Phi) is 8.68. The Balaban J connectivity index is 1.44. The number of hydrogen-bond acceptors (Lipinski definition) is 8. The van der Waals surface area contributed by atoms with E-state index in [-0.39, 0.29) is 16.4 Å². The number of nitrogens with one attached hydrogen (secondary N) is 1. The number of nitrogen functional groups attached to an aromatic ring is 1. The highest BCUT2D eigenvalue weighted by Crippen LogP contribution is 2.33. The minimum atomic E-state index is -0.427. The van der Waals surface area contributed by atoms with E-state index < -0.39 is 6.10 Å². The molecule has 0 spiro atoms. The summed E-state index contributed by atoms with van der Waals surface area (Å²) in [7, 11) is 2.13. The summed E-state index contributed by atoms with van der Waals surface area (Å²) in [6, 6.07) is 8.88. The van der Waals surface area contributed by atoms with Gasteiger partial charge < -0.3 is 20.8 Å². The number of halogens is 2. The summed E-state index contributed by atoms with van der Waals surface area (Å²) in [5, 5.41) is 17.8. The Morgan fingerprint density at radius 1 is 1.17 bits per heavy atom. The van der Waals surface area contributed by atoms with Crippen LogP contribution in [0.3, 0.4) is 0 Å². The third-order valence-corrected chi connectivity index (χ3v) is 8.01.